The zero-order chi connectivity index (χ0) is 40.2. The number of halogens is 3. The summed E-state index contributed by atoms with van der Waals surface area (Å²) in [4.78, 5) is 46.3. The van der Waals surface area contributed by atoms with E-state index in [-0.39, 0.29) is 80.1 Å². The number of hydrogen-bond acceptors (Lipinski definition) is 13. The Labute approximate surface area is 335 Å². The molecule has 0 spiro atoms. The van der Waals surface area contributed by atoms with Crippen molar-refractivity contribution in [3.63, 3.8) is 0 Å². The quantitative estimate of drug-likeness (QED) is 0.210. The molecule has 5 fully saturated rings. The van der Waals surface area contributed by atoms with Crippen LogP contribution in [-0.2, 0) is 32.3 Å². The molecule has 13 nitrogen and oxygen atoms in total. The average Bonchev–Trinajstić information content (AvgIpc) is 3.50. The molecule has 58 heavy (non-hydrogen) atoms. The fourth-order valence-corrected chi connectivity index (χ4v) is 10.5. The van der Waals surface area contributed by atoms with Crippen molar-refractivity contribution in [3.05, 3.63) is 46.4 Å². The largest absolute Gasteiger partial charge is 0.463 e. The smallest absolute Gasteiger partial charge is 0.319 e. The van der Waals surface area contributed by atoms with Crippen molar-refractivity contribution >= 4 is 55.0 Å². The number of hydrogen-bond donors (Lipinski definition) is 1. The van der Waals surface area contributed by atoms with Crippen LogP contribution >= 0.6 is 11.3 Å². The van der Waals surface area contributed by atoms with E-state index in [2.05, 4.69) is 20.9 Å². The van der Waals surface area contributed by atoms with Crippen LogP contribution in [0.5, 0.6) is 6.01 Å². The summed E-state index contributed by atoms with van der Waals surface area (Å²) in [7, 11) is 0. The number of pyridine rings is 1. The standard InChI is InChI=1S/C41H41F3N8O5S/c1-40(2)34(57-38(40)54)37(53)51-14-21-3-4-22(15-51)52(21)36-29-25-17-55-16-24(25)27(31-28-23(12-45)35(46)58-33(28)26(43)13-47-31)30(44)32(29)48-39(49-36)56-19-41(7-8-41)18-50-9-5-20(11-42)6-10-50/h11,13,21-22,34H,3-10,14-19,46H2,1-2H3/t21-,22+,34-/m0/s1. The molecule has 3 atom stereocenters. The molecular weight excluding hydrogens is 774 g/mol. The number of ether oxygens (including phenoxy) is 3. The molecule has 17 heteroatoms. The zero-order valence-corrected chi connectivity index (χ0v) is 32.9. The van der Waals surface area contributed by atoms with Crippen LogP contribution in [0.2, 0.25) is 0 Å². The second kappa shape index (κ2) is 13.5. The van der Waals surface area contributed by atoms with Gasteiger partial charge in [-0.2, -0.15) is 15.2 Å². The van der Waals surface area contributed by atoms with Crippen LogP contribution in [0.4, 0.5) is 24.0 Å². The molecule has 0 radical (unpaired) electrons. The van der Waals surface area contributed by atoms with Crippen molar-refractivity contribution in [3.8, 4) is 23.3 Å². The third-order valence-corrected chi connectivity index (χ3v) is 14.2. The van der Waals surface area contributed by atoms with Crippen LogP contribution in [0.25, 0.3) is 32.2 Å². The van der Waals surface area contributed by atoms with Gasteiger partial charge in [0, 0.05) is 61.2 Å². The Kier molecular flexibility index (Phi) is 8.67. The second-order valence-electron chi connectivity index (χ2n) is 17.2. The number of fused-ring (bicyclic) bond motifs is 6. The van der Waals surface area contributed by atoms with E-state index < -0.39 is 29.1 Å². The van der Waals surface area contributed by atoms with Gasteiger partial charge in [0.1, 0.15) is 27.8 Å². The maximum atomic E-state index is 17.7. The minimum Gasteiger partial charge on any atom is -0.463 e. The average molecular weight is 815 g/mol. The van der Waals surface area contributed by atoms with Gasteiger partial charge in [-0.15, -0.1) is 11.3 Å². The number of cyclic esters (lactones) is 1. The molecule has 1 aromatic carbocycles. The third-order valence-electron chi connectivity index (χ3n) is 13.1. The van der Waals surface area contributed by atoms with Gasteiger partial charge < -0.3 is 34.6 Å². The molecule has 2 bridgehead atoms. The number of aromatic nitrogens is 3. The number of benzene rings is 1. The number of anilines is 2. The fourth-order valence-electron chi connectivity index (χ4n) is 9.61. The summed E-state index contributed by atoms with van der Waals surface area (Å²) in [5, 5.41) is 10.8. The Hall–Kier alpha value is -5.05. The first-order chi connectivity index (χ1) is 27.9. The molecule has 4 saturated heterocycles. The normalized spacial score (nSPS) is 24.4. The van der Waals surface area contributed by atoms with Crippen LogP contribution in [-0.4, -0.2) is 94.1 Å². The fraction of sp³-hybridized carbons (Fsp3) is 0.512. The first-order valence-corrected chi connectivity index (χ1v) is 20.5. The van der Waals surface area contributed by atoms with E-state index in [0.717, 1.165) is 74.8 Å². The number of thiophene rings is 1. The maximum absolute atomic E-state index is 17.7. The van der Waals surface area contributed by atoms with Gasteiger partial charge in [-0.3, -0.25) is 14.6 Å². The highest BCUT2D eigenvalue weighted by Crippen LogP contribution is 2.50. The number of rotatable bonds is 8. The lowest BCUT2D eigenvalue weighted by Gasteiger charge is -2.47. The first kappa shape index (κ1) is 37.2. The number of nitrogen functional groups attached to an aromatic ring is 1. The topological polar surface area (TPSA) is 160 Å². The van der Waals surface area contributed by atoms with Gasteiger partial charge >= 0.3 is 12.0 Å². The van der Waals surface area contributed by atoms with Crippen molar-refractivity contribution in [1.29, 1.82) is 5.26 Å². The SMILES string of the molecule is CC1(C)C(=O)O[C@H]1C(=O)N1C[C@H]2CC[C@@H](C1)N2c1nc(OCC2(CN3CCC(=CF)CC3)CC2)nc2c(F)c(-c3ncc(F)c4sc(N)c(C#N)c34)c3c(c12)COC3. The van der Waals surface area contributed by atoms with Gasteiger partial charge in [0.15, 0.2) is 17.7 Å². The number of nitrogens with two attached hydrogens (primary N) is 1. The molecule has 1 aliphatic carbocycles. The molecule has 5 aliphatic heterocycles. The molecule has 6 aliphatic rings. The van der Waals surface area contributed by atoms with Crippen molar-refractivity contribution < 1.29 is 37.0 Å². The number of amides is 1. The lowest BCUT2D eigenvalue weighted by Crippen LogP contribution is -2.64. The van der Waals surface area contributed by atoms with E-state index in [1.54, 1.807) is 18.7 Å². The van der Waals surface area contributed by atoms with Gasteiger partial charge in [-0.05, 0) is 69.1 Å². The molecular formula is C41H41F3N8O5S. The molecule has 8 heterocycles. The molecule has 302 valence electrons. The summed E-state index contributed by atoms with van der Waals surface area (Å²) in [6, 6.07) is 1.68. The Balaban J connectivity index is 1.07. The van der Waals surface area contributed by atoms with E-state index >= 15 is 8.78 Å². The maximum Gasteiger partial charge on any atom is 0.319 e. The highest BCUT2D eigenvalue weighted by molar-refractivity contribution is 7.23. The van der Waals surface area contributed by atoms with Crippen molar-refractivity contribution in [2.24, 2.45) is 10.8 Å². The first-order valence-electron chi connectivity index (χ1n) is 19.7. The lowest BCUT2D eigenvalue weighted by molar-refractivity contribution is -0.206. The van der Waals surface area contributed by atoms with Crippen molar-refractivity contribution in [1.82, 2.24) is 24.8 Å². The lowest BCUT2D eigenvalue weighted by atomic mass is 9.80. The van der Waals surface area contributed by atoms with Gasteiger partial charge in [-0.25, -0.2) is 13.2 Å². The van der Waals surface area contributed by atoms with Crippen LogP contribution in [0.3, 0.4) is 0 Å². The van der Waals surface area contributed by atoms with Crippen LogP contribution in [0, 0.1) is 33.8 Å². The molecule has 10 rings (SSSR count). The Morgan fingerprint density at radius 1 is 1.12 bits per heavy atom. The van der Waals surface area contributed by atoms with E-state index in [0.29, 0.717) is 54.9 Å². The molecule has 0 unspecified atom stereocenters. The minimum absolute atomic E-state index is 0.00507. The minimum atomic E-state index is -0.910. The number of nitriles is 1. The molecule has 2 N–H and O–H groups in total. The van der Waals surface area contributed by atoms with Gasteiger partial charge in [0.05, 0.1) is 53.7 Å². The zero-order valence-electron chi connectivity index (χ0n) is 32.1. The van der Waals surface area contributed by atoms with Gasteiger partial charge in [0.25, 0.3) is 5.91 Å². The monoisotopic (exact) mass is 814 g/mol. The summed E-state index contributed by atoms with van der Waals surface area (Å²) in [6.07, 6.45) is 5.61. The highest BCUT2D eigenvalue weighted by atomic mass is 32.1. The van der Waals surface area contributed by atoms with E-state index in [1.807, 2.05) is 0 Å². The van der Waals surface area contributed by atoms with Crippen LogP contribution in [0.1, 0.15) is 69.1 Å². The number of carbonyl (C=O) groups excluding carboxylic acids is 2. The van der Waals surface area contributed by atoms with E-state index in [1.165, 1.54) is 0 Å². The number of carbonyl (C=O) groups is 2. The van der Waals surface area contributed by atoms with E-state index in [4.69, 9.17) is 29.9 Å². The van der Waals surface area contributed by atoms with Crippen molar-refractivity contribution in [2.75, 3.05) is 50.0 Å². The highest BCUT2D eigenvalue weighted by Gasteiger charge is 2.57. The molecule has 1 amide bonds. The van der Waals surface area contributed by atoms with Crippen LogP contribution < -0.4 is 15.4 Å². The third kappa shape index (κ3) is 5.73. The van der Waals surface area contributed by atoms with Gasteiger partial charge in [0.2, 0.25) is 0 Å². The predicted molar refractivity (Wildman–Crippen MR) is 207 cm³/mol. The molecule has 4 aromatic rings. The van der Waals surface area contributed by atoms with Crippen molar-refractivity contribution in [2.45, 2.75) is 83.8 Å². The summed E-state index contributed by atoms with van der Waals surface area (Å²) < 4.78 is 63.9. The number of likely N-dealkylation sites (tertiary alicyclic amines) is 2. The van der Waals surface area contributed by atoms with Crippen LogP contribution in [0.15, 0.2) is 18.1 Å². The second-order valence-corrected chi connectivity index (χ2v) is 18.2. The summed E-state index contributed by atoms with van der Waals surface area (Å²) in [5.74, 6) is -1.56. The number of piperidine rings is 1. The van der Waals surface area contributed by atoms with Gasteiger partial charge in [-0.1, -0.05) is 0 Å². The number of esters is 1. The summed E-state index contributed by atoms with van der Waals surface area (Å²) >= 11 is 0.909. The molecule has 3 aromatic heterocycles. The Bertz CT molecular complexity index is 2490. The van der Waals surface area contributed by atoms with E-state index in [9.17, 15) is 19.2 Å². The number of nitrogens with zero attached hydrogens (tertiary/aromatic N) is 7. The Morgan fingerprint density at radius 3 is 2.50 bits per heavy atom. The summed E-state index contributed by atoms with van der Waals surface area (Å²) in [6.45, 7) is 6.89. The Morgan fingerprint density at radius 2 is 1.84 bits per heavy atom. The predicted octanol–water partition coefficient (Wildman–Crippen LogP) is 5.91. The number of piperazine rings is 1. The summed E-state index contributed by atoms with van der Waals surface area (Å²) in [5.41, 5.74) is 7.21. The molecule has 1 saturated carbocycles.